The molecule has 0 atom stereocenters. The molecule has 0 aliphatic heterocycles. The molecule has 2 aromatic heterocycles. The summed E-state index contributed by atoms with van der Waals surface area (Å²) in [5, 5.41) is 2.55. The highest BCUT2D eigenvalue weighted by atomic mass is 32.1. The first-order valence-electron chi connectivity index (χ1n) is 11.2. The predicted octanol–water partition coefficient (Wildman–Crippen LogP) is 8.83. The molecule has 0 aliphatic rings. The first-order chi connectivity index (χ1) is 15.2. The molecule has 0 amide bonds. The van der Waals surface area contributed by atoms with Crippen LogP contribution in [0.4, 0.5) is 0 Å². The fraction of sp³-hybridized carbons (Fsp3) is 0.207. The van der Waals surface area contributed by atoms with E-state index < -0.39 is 5.89 Å². The molecule has 0 unspecified atom stereocenters. The van der Waals surface area contributed by atoms with Gasteiger partial charge in [-0.25, -0.2) is 0 Å². The molecule has 1 nitrogen and oxygen atoms in total. The van der Waals surface area contributed by atoms with Crippen molar-refractivity contribution < 1.29 is 1.37 Å². The van der Waals surface area contributed by atoms with Gasteiger partial charge in [0.05, 0.1) is 5.69 Å². The van der Waals surface area contributed by atoms with Crippen molar-refractivity contribution >= 4 is 31.5 Å². The number of fused-ring (bicyclic) bond motifs is 3. The summed E-state index contributed by atoms with van der Waals surface area (Å²) in [7, 11) is 0. The minimum Gasteiger partial charge on any atom is -0.256 e. The standard InChI is InChI=1S/C29H27NS/c1-17(2)21-11-12-30-26(15-21)25-8-6-7-24-23-10-9-22(16-27(23)31-29(24)25)28-19(4)13-18(3)14-20(28)5/h6-17H,1-5H3/i17D. The average molecular weight is 423 g/mol. The van der Waals surface area contributed by atoms with Gasteiger partial charge in [0.2, 0.25) is 0 Å². The van der Waals surface area contributed by atoms with Crippen molar-refractivity contribution in [2.75, 3.05) is 0 Å². The number of hydrogen-bond donors (Lipinski definition) is 0. The molecule has 0 spiro atoms. The summed E-state index contributed by atoms with van der Waals surface area (Å²) < 4.78 is 11.0. The first-order valence-corrected chi connectivity index (χ1v) is 11.5. The Balaban J connectivity index is 1.71. The predicted molar refractivity (Wildman–Crippen MR) is 136 cm³/mol. The number of hydrogen-bond acceptors (Lipinski definition) is 2. The van der Waals surface area contributed by atoms with Gasteiger partial charge in [-0.05, 0) is 72.7 Å². The zero-order valence-corrected chi connectivity index (χ0v) is 19.5. The Morgan fingerprint density at radius 1 is 0.871 bits per heavy atom. The molecular weight excluding hydrogens is 394 g/mol. The van der Waals surface area contributed by atoms with Crippen molar-refractivity contribution in [2.45, 2.75) is 40.5 Å². The van der Waals surface area contributed by atoms with Crippen LogP contribution in [0.3, 0.4) is 0 Å². The molecule has 2 heteroatoms. The maximum atomic E-state index is 8.41. The number of aryl methyl sites for hydroxylation is 3. The van der Waals surface area contributed by atoms with Gasteiger partial charge < -0.3 is 0 Å². The maximum Gasteiger partial charge on any atom is 0.0719 e. The van der Waals surface area contributed by atoms with Crippen LogP contribution in [0, 0.1) is 20.8 Å². The van der Waals surface area contributed by atoms with Crippen LogP contribution in [0.2, 0.25) is 0 Å². The van der Waals surface area contributed by atoms with Gasteiger partial charge in [0, 0.05) is 33.3 Å². The average Bonchev–Trinajstić information content (AvgIpc) is 3.10. The number of nitrogens with zero attached hydrogens (tertiary/aromatic N) is 1. The first kappa shape index (κ1) is 18.8. The summed E-state index contributed by atoms with van der Waals surface area (Å²) >= 11 is 1.83. The van der Waals surface area contributed by atoms with E-state index in [-0.39, 0.29) is 0 Å². The van der Waals surface area contributed by atoms with Crippen LogP contribution in [-0.2, 0) is 0 Å². The molecule has 154 valence electrons. The second kappa shape index (κ2) is 7.62. The van der Waals surface area contributed by atoms with Crippen molar-refractivity contribution in [1.82, 2.24) is 4.98 Å². The third-order valence-electron chi connectivity index (χ3n) is 6.08. The molecule has 0 bridgehead atoms. The maximum absolute atomic E-state index is 8.41. The monoisotopic (exact) mass is 422 g/mol. The van der Waals surface area contributed by atoms with Gasteiger partial charge in [-0.1, -0.05) is 61.9 Å². The van der Waals surface area contributed by atoms with Gasteiger partial charge in [0.25, 0.3) is 0 Å². The van der Waals surface area contributed by atoms with Crippen molar-refractivity contribution in [3.8, 4) is 22.4 Å². The topological polar surface area (TPSA) is 12.9 Å². The van der Waals surface area contributed by atoms with Crippen LogP contribution in [0.5, 0.6) is 0 Å². The third kappa shape index (κ3) is 3.45. The lowest BCUT2D eigenvalue weighted by molar-refractivity contribution is 0.864. The molecule has 2 heterocycles. The zero-order valence-electron chi connectivity index (χ0n) is 19.7. The number of benzene rings is 3. The molecule has 0 saturated carbocycles. The highest BCUT2D eigenvalue weighted by Gasteiger charge is 2.14. The molecule has 5 rings (SSSR count). The summed E-state index contributed by atoms with van der Waals surface area (Å²) in [6.07, 6.45) is 1.83. The van der Waals surface area contributed by atoms with Gasteiger partial charge in [0.1, 0.15) is 0 Å². The van der Waals surface area contributed by atoms with E-state index in [1.165, 1.54) is 48.0 Å². The van der Waals surface area contributed by atoms with Crippen LogP contribution in [0.1, 0.15) is 43.4 Å². The van der Waals surface area contributed by atoms with Gasteiger partial charge in [-0.3, -0.25) is 4.98 Å². The Bertz CT molecular complexity index is 1460. The van der Waals surface area contributed by atoms with Gasteiger partial charge in [-0.15, -0.1) is 11.3 Å². The molecule has 5 aromatic rings. The van der Waals surface area contributed by atoms with E-state index in [1.54, 1.807) is 0 Å². The van der Waals surface area contributed by atoms with E-state index in [1.807, 2.05) is 37.4 Å². The normalized spacial score (nSPS) is 12.5. The highest BCUT2D eigenvalue weighted by Crippen LogP contribution is 2.41. The van der Waals surface area contributed by atoms with E-state index in [0.29, 0.717) is 0 Å². The SMILES string of the molecule is [2H]C(C)(C)c1ccnc(-c2cccc3c2sc2cc(-c4c(C)cc(C)cc4C)ccc23)c1. The Hall–Kier alpha value is -2.97. The lowest BCUT2D eigenvalue weighted by Crippen LogP contribution is -1.90. The molecule has 0 radical (unpaired) electrons. The fourth-order valence-corrected chi connectivity index (χ4v) is 5.94. The summed E-state index contributed by atoms with van der Waals surface area (Å²) in [5.74, 6) is -0.648. The lowest BCUT2D eigenvalue weighted by Gasteiger charge is -2.11. The number of rotatable bonds is 3. The van der Waals surface area contributed by atoms with Crippen LogP contribution in [0.15, 0.2) is 66.9 Å². The second-order valence-corrected chi connectivity index (χ2v) is 9.75. The lowest BCUT2D eigenvalue weighted by atomic mass is 9.93. The molecule has 0 saturated heterocycles. The highest BCUT2D eigenvalue weighted by molar-refractivity contribution is 7.26. The van der Waals surface area contributed by atoms with E-state index in [9.17, 15) is 0 Å². The van der Waals surface area contributed by atoms with Crippen molar-refractivity contribution in [3.05, 3.63) is 89.1 Å². The summed E-state index contributed by atoms with van der Waals surface area (Å²) in [4.78, 5) is 4.66. The summed E-state index contributed by atoms with van der Waals surface area (Å²) in [6, 6.07) is 21.9. The Labute approximate surface area is 189 Å². The van der Waals surface area contributed by atoms with E-state index >= 15 is 0 Å². The van der Waals surface area contributed by atoms with Crippen LogP contribution < -0.4 is 0 Å². The van der Waals surface area contributed by atoms with Gasteiger partial charge in [-0.2, -0.15) is 0 Å². The quantitative estimate of drug-likeness (QED) is 0.283. The largest absolute Gasteiger partial charge is 0.256 e. The van der Waals surface area contributed by atoms with Crippen molar-refractivity contribution in [2.24, 2.45) is 0 Å². The minimum atomic E-state index is -0.648. The minimum absolute atomic E-state index is 0.648. The van der Waals surface area contributed by atoms with E-state index in [2.05, 4.69) is 80.4 Å². The summed E-state index contributed by atoms with van der Waals surface area (Å²) in [5.41, 5.74) is 9.61. The number of thiophene rings is 1. The van der Waals surface area contributed by atoms with Crippen molar-refractivity contribution in [3.63, 3.8) is 0 Å². The zero-order chi connectivity index (χ0) is 22.6. The van der Waals surface area contributed by atoms with Gasteiger partial charge in [0.15, 0.2) is 0 Å². The molecule has 31 heavy (non-hydrogen) atoms. The fourth-order valence-electron chi connectivity index (χ4n) is 4.68. The molecule has 0 aliphatic carbocycles. The van der Waals surface area contributed by atoms with E-state index in [4.69, 9.17) is 1.37 Å². The number of pyridine rings is 1. The molecule has 3 aromatic carbocycles. The van der Waals surface area contributed by atoms with Crippen LogP contribution >= 0.6 is 11.3 Å². The Morgan fingerprint density at radius 2 is 1.65 bits per heavy atom. The Kier molecular flexibility index (Phi) is 4.61. The van der Waals surface area contributed by atoms with E-state index in [0.717, 1.165) is 16.8 Å². The Morgan fingerprint density at radius 3 is 2.39 bits per heavy atom. The summed E-state index contributed by atoms with van der Waals surface area (Å²) in [6.45, 7) is 10.4. The van der Waals surface area contributed by atoms with Crippen molar-refractivity contribution in [1.29, 1.82) is 0 Å². The smallest absolute Gasteiger partial charge is 0.0719 e. The van der Waals surface area contributed by atoms with Gasteiger partial charge >= 0.3 is 0 Å². The second-order valence-electron chi connectivity index (χ2n) is 8.70. The number of aromatic nitrogens is 1. The molecule has 0 fully saturated rings. The molecule has 0 N–H and O–H groups in total. The third-order valence-corrected chi connectivity index (χ3v) is 7.28. The molecular formula is C29H27NS. The van der Waals surface area contributed by atoms with Crippen LogP contribution in [-0.4, -0.2) is 4.98 Å². The van der Waals surface area contributed by atoms with Crippen LogP contribution in [0.25, 0.3) is 42.6 Å².